The Morgan fingerprint density at radius 3 is 2.89 bits per heavy atom. The van der Waals surface area contributed by atoms with Crippen LogP contribution in [0, 0.1) is 0 Å². The van der Waals surface area contributed by atoms with Gasteiger partial charge in [0.1, 0.15) is 0 Å². The minimum atomic E-state index is -0.940. The van der Waals surface area contributed by atoms with E-state index in [0.717, 1.165) is 6.54 Å². The molecule has 0 aromatic carbocycles. The topological polar surface area (TPSA) is 62.7 Å². The van der Waals surface area contributed by atoms with E-state index in [1.165, 1.54) is 0 Å². The molecule has 0 saturated heterocycles. The summed E-state index contributed by atoms with van der Waals surface area (Å²) < 4.78 is 5.45. The van der Waals surface area contributed by atoms with E-state index in [1.807, 2.05) is 25.8 Å². The van der Waals surface area contributed by atoms with Gasteiger partial charge in [0.15, 0.2) is 0 Å². The number of ether oxygens (including phenoxy) is 1. The van der Waals surface area contributed by atoms with Crippen LogP contribution in [0.25, 0.3) is 0 Å². The summed E-state index contributed by atoms with van der Waals surface area (Å²) in [5, 5.41) is 9.04. The number of likely N-dealkylation sites (N-methyl/N-ethyl adjacent to an activating group) is 1. The highest BCUT2D eigenvalue weighted by Gasteiger charge is 2.12. The molecule has 1 aromatic heterocycles. The van der Waals surface area contributed by atoms with Crippen LogP contribution in [-0.2, 0) is 11.3 Å². The van der Waals surface area contributed by atoms with E-state index >= 15 is 0 Å². The van der Waals surface area contributed by atoms with Gasteiger partial charge < -0.3 is 9.84 Å². The minimum absolute atomic E-state index is 0.211. The molecule has 0 radical (unpaired) electrons. The Hall–Kier alpha value is -1.46. The number of hydrogen-bond acceptors (Lipinski definition) is 4. The van der Waals surface area contributed by atoms with E-state index in [2.05, 4.69) is 4.98 Å². The van der Waals surface area contributed by atoms with Crippen molar-refractivity contribution < 1.29 is 14.6 Å². The maximum Gasteiger partial charge on any atom is 0.337 e. The Bertz CT molecular complexity index is 394. The molecule has 1 rings (SSSR count). The van der Waals surface area contributed by atoms with Gasteiger partial charge in [-0.05, 0) is 33.0 Å². The van der Waals surface area contributed by atoms with Crippen LogP contribution in [0.5, 0.6) is 0 Å². The first-order chi connectivity index (χ1) is 8.50. The molecule has 0 aliphatic rings. The van der Waals surface area contributed by atoms with Crippen molar-refractivity contribution in [1.82, 2.24) is 9.88 Å². The van der Waals surface area contributed by atoms with Gasteiger partial charge in [-0.25, -0.2) is 4.79 Å². The van der Waals surface area contributed by atoms with Crippen LogP contribution in [0.3, 0.4) is 0 Å². The number of nitrogens with zero attached hydrogens (tertiary/aromatic N) is 2. The molecular weight excluding hydrogens is 232 g/mol. The molecular formula is C13H20N2O3. The molecule has 1 N–H and O–H groups in total. The summed E-state index contributed by atoms with van der Waals surface area (Å²) >= 11 is 0. The predicted octanol–water partition coefficient (Wildman–Crippen LogP) is 1.64. The smallest absolute Gasteiger partial charge is 0.337 e. The zero-order valence-corrected chi connectivity index (χ0v) is 11.1. The summed E-state index contributed by atoms with van der Waals surface area (Å²) in [5.74, 6) is -0.940. The Balaban J connectivity index is 2.53. The fourth-order valence-electron chi connectivity index (χ4n) is 1.54. The van der Waals surface area contributed by atoms with Crippen LogP contribution in [-0.4, -0.2) is 47.3 Å². The largest absolute Gasteiger partial charge is 0.478 e. The molecule has 0 aliphatic heterocycles. The number of aromatic nitrogens is 1. The second-order valence-electron chi connectivity index (χ2n) is 4.46. The van der Waals surface area contributed by atoms with E-state index < -0.39 is 5.97 Å². The highest BCUT2D eigenvalue weighted by atomic mass is 16.5. The van der Waals surface area contributed by atoms with Crippen LogP contribution < -0.4 is 0 Å². The van der Waals surface area contributed by atoms with Crippen molar-refractivity contribution in [2.45, 2.75) is 26.5 Å². The Kier molecular flexibility index (Phi) is 5.74. The minimum Gasteiger partial charge on any atom is -0.478 e. The van der Waals surface area contributed by atoms with Gasteiger partial charge in [0.25, 0.3) is 0 Å². The van der Waals surface area contributed by atoms with E-state index in [9.17, 15) is 4.79 Å². The molecule has 0 spiro atoms. The van der Waals surface area contributed by atoms with Gasteiger partial charge >= 0.3 is 5.97 Å². The zero-order chi connectivity index (χ0) is 13.5. The quantitative estimate of drug-likeness (QED) is 0.799. The van der Waals surface area contributed by atoms with Gasteiger partial charge in [-0.15, -0.1) is 0 Å². The highest BCUT2D eigenvalue weighted by molar-refractivity contribution is 5.88. The Labute approximate surface area is 107 Å². The molecule has 0 fully saturated rings. The van der Waals surface area contributed by atoms with Crippen LogP contribution in [0.1, 0.15) is 29.9 Å². The third-order valence-electron chi connectivity index (χ3n) is 2.46. The van der Waals surface area contributed by atoms with Gasteiger partial charge in [-0.1, -0.05) is 0 Å². The predicted molar refractivity (Wildman–Crippen MR) is 68.6 cm³/mol. The van der Waals surface area contributed by atoms with Gasteiger partial charge in [0, 0.05) is 19.3 Å². The Morgan fingerprint density at radius 2 is 2.28 bits per heavy atom. The number of carboxylic acid groups (broad SMARTS) is 1. The average Bonchev–Trinajstić information content (AvgIpc) is 2.28. The second kappa shape index (κ2) is 7.08. The first-order valence-electron chi connectivity index (χ1n) is 5.98. The van der Waals surface area contributed by atoms with Gasteiger partial charge in [0.2, 0.25) is 0 Å². The summed E-state index contributed by atoms with van der Waals surface area (Å²) in [6, 6.07) is 3.21. The molecule has 1 aromatic rings. The van der Waals surface area contributed by atoms with Crippen LogP contribution in [0.4, 0.5) is 0 Å². The molecule has 5 nitrogen and oxygen atoms in total. The van der Waals surface area contributed by atoms with E-state index in [1.54, 1.807) is 18.3 Å². The summed E-state index contributed by atoms with van der Waals surface area (Å²) in [6.07, 6.45) is 1.82. The van der Waals surface area contributed by atoms with Crippen molar-refractivity contribution >= 4 is 5.97 Å². The number of hydrogen-bond donors (Lipinski definition) is 1. The maximum absolute atomic E-state index is 11.0. The molecule has 0 aliphatic carbocycles. The summed E-state index contributed by atoms with van der Waals surface area (Å²) in [6.45, 7) is 5.85. The SMILES string of the molecule is CC(C)OCCN(C)Cc1ncccc1C(=O)O. The van der Waals surface area contributed by atoms with Crippen molar-refractivity contribution in [2.24, 2.45) is 0 Å². The molecule has 0 amide bonds. The number of carboxylic acids is 1. The molecule has 0 bridgehead atoms. The van der Waals surface area contributed by atoms with Gasteiger partial charge in [-0.3, -0.25) is 9.88 Å². The van der Waals surface area contributed by atoms with Gasteiger partial charge in [-0.2, -0.15) is 0 Å². The first-order valence-corrected chi connectivity index (χ1v) is 5.98. The highest BCUT2D eigenvalue weighted by Crippen LogP contribution is 2.07. The molecule has 18 heavy (non-hydrogen) atoms. The second-order valence-corrected chi connectivity index (χ2v) is 4.46. The normalized spacial score (nSPS) is 11.2. The van der Waals surface area contributed by atoms with E-state index in [0.29, 0.717) is 18.8 Å². The molecule has 5 heteroatoms. The van der Waals surface area contributed by atoms with Crippen molar-refractivity contribution in [2.75, 3.05) is 20.2 Å². The van der Waals surface area contributed by atoms with Crippen molar-refractivity contribution in [3.05, 3.63) is 29.6 Å². The van der Waals surface area contributed by atoms with Crippen LogP contribution in [0.2, 0.25) is 0 Å². The average molecular weight is 252 g/mol. The van der Waals surface area contributed by atoms with E-state index in [-0.39, 0.29) is 11.7 Å². The number of aromatic carboxylic acids is 1. The first kappa shape index (κ1) is 14.6. The standard InChI is InChI=1S/C13H20N2O3/c1-10(2)18-8-7-15(3)9-12-11(13(16)17)5-4-6-14-12/h4-6,10H,7-9H2,1-3H3,(H,16,17). The third-order valence-corrected chi connectivity index (χ3v) is 2.46. The number of pyridine rings is 1. The lowest BCUT2D eigenvalue weighted by molar-refractivity contribution is 0.0622. The van der Waals surface area contributed by atoms with Crippen molar-refractivity contribution in [1.29, 1.82) is 0 Å². The van der Waals surface area contributed by atoms with Crippen LogP contribution in [0.15, 0.2) is 18.3 Å². The number of rotatable bonds is 7. The lowest BCUT2D eigenvalue weighted by Crippen LogP contribution is -2.25. The molecule has 0 atom stereocenters. The molecule has 0 saturated carbocycles. The monoisotopic (exact) mass is 252 g/mol. The fraction of sp³-hybridized carbons (Fsp3) is 0.538. The molecule has 1 heterocycles. The maximum atomic E-state index is 11.0. The van der Waals surface area contributed by atoms with Crippen molar-refractivity contribution in [3.63, 3.8) is 0 Å². The van der Waals surface area contributed by atoms with E-state index in [4.69, 9.17) is 9.84 Å². The summed E-state index contributed by atoms with van der Waals surface area (Å²) in [5.41, 5.74) is 0.839. The Morgan fingerprint density at radius 1 is 1.56 bits per heavy atom. The number of carbonyl (C=O) groups is 1. The fourth-order valence-corrected chi connectivity index (χ4v) is 1.54. The zero-order valence-electron chi connectivity index (χ0n) is 11.1. The summed E-state index contributed by atoms with van der Waals surface area (Å²) in [4.78, 5) is 17.1. The van der Waals surface area contributed by atoms with Crippen LogP contribution >= 0.6 is 0 Å². The molecule has 100 valence electrons. The van der Waals surface area contributed by atoms with Gasteiger partial charge in [0.05, 0.1) is 24.0 Å². The summed E-state index contributed by atoms with van der Waals surface area (Å²) in [7, 11) is 1.92. The third kappa shape index (κ3) is 4.81. The lowest BCUT2D eigenvalue weighted by atomic mass is 10.2. The van der Waals surface area contributed by atoms with Crippen molar-refractivity contribution in [3.8, 4) is 0 Å². The lowest BCUT2D eigenvalue weighted by Gasteiger charge is -2.18. The molecule has 0 unspecified atom stereocenters.